The number of hydrogen-bond donors (Lipinski definition) is 1. The summed E-state index contributed by atoms with van der Waals surface area (Å²) in [5, 5.41) is -4.69. The lowest BCUT2D eigenvalue weighted by Crippen LogP contribution is -2.35. The van der Waals surface area contributed by atoms with Gasteiger partial charge in [0.05, 0.1) is 0 Å². The van der Waals surface area contributed by atoms with E-state index < -0.39 is 35.0 Å². The fourth-order valence-corrected chi connectivity index (χ4v) is 0.954. The summed E-state index contributed by atoms with van der Waals surface area (Å²) in [6.07, 6.45) is -5.49. The summed E-state index contributed by atoms with van der Waals surface area (Å²) in [5.74, 6) is -0.424. The van der Waals surface area contributed by atoms with E-state index in [2.05, 4.69) is 0 Å². The van der Waals surface area contributed by atoms with Gasteiger partial charge in [-0.1, -0.05) is 11.8 Å². The Morgan fingerprint density at radius 1 is 1.25 bits per heavy atom. The van der Waals surface area contributed by atoms with Crippen LogP contribution in [0.5, 0.6) is 0 Å². The monoisotopic (exact) mass is 209 g/mol. The molecule has 0 saturated heterocycles. The molecule has 0 amide bonds. The summed E-state index contributed by atoms with van der Waals surface area (Å²) >= 11 is -0.490. The molecule has 0 aromatic rings. The number of nitrogens with two attached hydrogens (primary N) is 1. The van der Waals surface area contributed by atoms with Crippen molar-refractivity contribution in [3.8, 4) is 0 Å². The van der Waals surface area contributed by atoms with Crippen molar-refractivity contribution in [2.45, 2.75) is 24.4 Å². The number of hydrogen-bond acceptors (Lipinski definition) is 2. The molecule has 0 fully saturated rings. The molecule has 1 nitrogen and oxygen atoms in total. The van der Waals surface area contributed by atoms with Crippen molar-refractivity contribution in [2.24, 2.45) is 5.73 Å². The van der Waals surface area contributed by atoms with Gasteiger partial charge in [-0.15, -0.1) is 0 Å². The average Bonchev–Trinajstić information content (AvgIpc) is 1.81. The number of rotatable bonds is 3. The highest BCUT2D eigenvalue weighted by Crippen LogP contribution is 2.44. The standard InChI is InChI=1S/C5H8F5NS/c1-3(11)2-12-5(9,10)4(6,7)8/h3H,2,11H2,1H3. The molecule has 7 heteroatoms. The third-order valence-corrected chi connectivity index (χ3v) is 2.14. The molecule has 0 heterocycles. The topological polar surface area (TPSA) is 26.0 Å². The van der Waals surface area contributed by atoms with Crippen LogP contribution in [-0.4, -0.2) is 23.2 Å². The molecule has 0 saturated carbocycles. The molecular weight excluding hydrogens is 201 g/mol. The number of thioether (sulfide) groups is 1. The first-order valence-electron chi connectivity index (χ1n) is 3.01. The van der Waals surface area contributed by atoms with Crippen molar-refractivity contribution in [2.75, 3.05) is 5.75 Å². The van der Waals surface area contributed by atoms with E-state index in [-0.39, 0.29) is 0 Å². The minimum Gasteiger partial charge on any atom is -0.327 e. The molecule has 0 aliphatic rings. The van der Waals surface area contributed by atoms with E-state index >= 15 is 0 Å². The van der Waals surface area contributed by atoms with Crippen molar-refractivity contribution in [3.63, 3.8) is 0 Å². The van der Waals surface area contributed by atoms with Crippen LogP contribution in [-0.2, 0) is 0 Å². The first-order valence-corrected chi connectivity index (χ1v) is 3.99. The van der Waals surface area contributed by atoms with Gasteiger partial charge in [0, 0.05) is 11.8 Å². The second-order valence-corrected chi connectivity index (χ2v) is 3.44. The Bertz CT molecular complexity index is 143. The first kappa shape index (κ1) is 12.0. The predicted octanol–water partition coefficient (Wildman–Crippen LogP) is 2.22. The molecule has 0 aliphatic heterocycles. The van der Waals surface area contributed by atoms with Gasteiger partial charge in [0.1, 0.15) is 0 Å². The van der Waals surface area contributed by atoms with E-state index in [1.165, 1.54) is 6.92 Å². The molecule has 0 bridgehead atoms. The van der Waals surface area contributed by atoms with Crippen molar-refractivity contribution in [1.82, 2.24) is 0 Å². The molecule has 0 radical (unpaired) electrons. The van der Waals surface area contributed by atoms with Crippen LogP contribution in [0.3, 0.4) is 0 Å². The molecule has 2 N–H and O–H groups in total. The predicted molar refractivity (Wildman–Crippen MR) is 37.1 cm³/mol. The van der Waals surface area contributed by atoms with E-state index in [4.69, 9.17) is 5.73 Å². The summed E-state index contributed by atoms with van der Waals surface area (Å²) in [6, 6.07) is -0.678. The largest absolute Gasteiger partial charge is 0.464 e. The lowest BCUT2D eigenvalue weighted by Gasteiger charge is -2.19. The van der Waals surface area contributed by atoms with E-state index in [0.29, 0.717) is 0 Å². The maximum absolute atomic E-state index is 12.1. The molecule has 0 rings (SSSR count). The maximum Gasteiger partial charge on any atom is 0.464 e. The van der Waals surface area contributed by atoms with Crippen LogP contribution < -0.4 is 5.73 Å². The lowest BCUT2D eigenvalue weighted by atomic mass is 10.4. The lowest BCUT2D eigenvalue weighted by molar-refractivity contribution is -0.237. The molecule has 12 heavy (non-hydrogen) atoms. The van der Waals surface area contributed by atoms with E-state index in [9.17, 15) is 22.0 Å². The molecule has 1 unspecified atom stereocenters. The Labute approximate surface area is 70.5 Å². The summed E-state index contributed by atoms with van der Waals surface area (Å²) in [5.41, 5.74) is 5.02. The highest BCUT2D eigenvalue weighted by molar-refractivity contribution is 8.00. The van der Waals surface area contributed by atoms with Crippen molar-refractivity contribution < 1.29 is 22.0 Å². The van der Waals surface area contributed by atoms with Gasteiger partial charge in [-0.05, 0) is 6.92 Å². The van der Waals surface area contributed by atoms with E-state index in [1.54, 1.807) is 0 Å². The van der Waals surface area contributed by atoms with Gasteiger partial charge in [0.25, 0.3) is 0 Å². The SMILES string of the molecule is CC(N)CSC(F)(F)C(F)(F)F. The Morgan fingerprint density at radius 2 is 1.67 bits per heavy atom. The van der Waals surface area contributed by atoms with Gasteiger partial charge in [-0.25, -0.2) is 0 Å². The fourth-order valence-electron chi connectivity index (χ4n) is 0.318. The zero-order valence-corrected chi connectivity index (χ0v) is 6.98. The second kappa shape index (κ2) is 3.78. The smallest absolute Gasteiger partial charge is 0.327 e. The van der Waals surface area contributed by atoms with Crippen LogP contribution in [0.2, 0.25) is 0 Å². The Balaban J connectivity index is 4.05. The van der Waals surface area contributed by atoms with Crippen molar-refractivity contribution >= 4 is 11.8 Å². The number of halogens is 5. The van der Waals surface area contributed by atoms with E-state index in [0.717, 1.165) is 0 Å². The van der Waals surface area contributed by atoms with E-state index in [1.807, 2.05) is 0 Å². The third kappa shape index (κ3) is 3.57. The van der Waals surface area contributed by atoms with Crippen LogP contribution in [0.4, 0.5) is 22.0 Å². The van der Waals surface area contributed by atoms with Crippen LogP contribution >= 0.6 is 11.8 Å². The Hall–Kier alpha value is -0.0400. The van der Waals surface area contributed by atoms with Crippen LogP contribution in [0.15, 0.2) is 0 Å². The molecule has 1 atom stereocenters. The van der Waals surface area contributed by atoms with Gasteiger partial charge in [0.2, 0.25) is 0 Å². The van der Waals surface area contributed by atoms with Gasteiger partial charge < -0.3 is 5.73 Å². The average molecular weight is 209 g/mol. The van der Waals surface area contributed by atoms with Gasteiger partial charge in [-0.3, -0.25) is 0 Å². The third-order valence-electron chi connectivity index (χ3n) is 0.858. The summed E-state index contributed by atoms with van der Waals surface area (Å²) in [7, 11) is 0. The van der Waals surface area contributed by atoms with Crippen LogP contribution in [0.1, 0.15) is 6.92 Å². The summed E-state index contributed by atoms with van der Waals surface area (Å²) in [6.45, 7) is 1.36. The van der Waals surface area contributed by atoms with Gasteiger partial charge in [-0.2, -0.15) is 22.0 Å². The normalized spacial score (nSPS) is 16.2. The highest BCUT2D eigenvalue weighted by Gasteiger charge is 2.57. The van der Waals surface area contributed by atoms with Crippen molar-refractivity contribution in [1.29, 1.82) is 0 Å². The molecule has 0 aromatic carbocycles. The number of alkyl halides is 5. The van der Waals surface area contributed by atoms with Crippen LogP contribution in [0.25, 0.3) is 0 Å². The highest BCUT2D eigenvalue weighted by atomic mass is 32.2. The molecule has 0 aliphatic carbocycles. The quantitative estimate of drug-likeness (QED) is 0.721. The Kier molecular flexibility index (Phi) is 3.77. The fraction of sp³-hybridized carbons (Fsp3) is 1.00. The van der Waals surface area contributed by atoms with Gasteiger partial charge in [0.15, 0.2) is 0 Å². The Morgan fingerprint density at radius 3 is 1.92 bits per heavy atom. The molecule has 74 valence electrons. The molecule has 0 spiro atoms. The minimum atomic E-state index is -5.49. The minimum absolute atomic E-state index is 0.424. The maximum atomic E-state index is 12.1. The summed E-state index contributed by atoms with van der Waals surface area (Å²) in [4.78, 5) is 0. The first-order chi connectivity index (χ1) is 5.17. The molecular formula is C5H8F5NS. The zero-order chi connectivity index (χ0) is 9.99. The second-order valence-electron chi connectivity index (χ2n) is 2.30. The van der Waals surface area contributed by atoms with Gasteiger partial charge >= 0.3 is 11.4 Å². The summed E-state index contributed by atoms with van der Waals surface area (Å²) < 4.78 is 58.6. The van der Waals surface area contributed by atoms with Crippen LogP contribution in [0, 0.1) is 0 Å². The van der Waals surface area contributed by atoms with Crippen molar-refractivity contribution in [3.05, 3.63) is 0 Å². The zero-order valence-electron chi connectivity index (χ0n) is 6.16. The molecule has 0 aromatic heterocycles.